The molecule has 0 radical (unpaired) electrons. The van der Waals surface area contributed by atoms with Crippen molar-refractivity contribution in [2.75, 3.05) is 13.2 Å². The van der Waals surface area contributed by atoms with Crippen LogP contribution < -0.4 is 10.1 Å². The summed E-state index contributed by atoms with van der Waals surface area (Å²) in [6.45, 7) is 3.96. The van der Waals surface area contributed by atoms with Crippen LogP contribution in [0.25, 0.3) is 0 Å². The summed E-state index contributed by atoms with van der Waals surface area (Å²) in [5.74, 6) is 1.47. The van der Waals surface area contributed by atoms with Crippen LogP contribution in [0.15, 0.2) is 18.2 Å². The molecular weight excluding hydrogens is 262 g/mol. The molecule has 2 N–H and O–H groups in total. The average molecular weight is 289 g/mol. The Kier molecular flexibility index (Phi) is 4.81. The summed E-state index contributed by atoms with van der Waals surface area (Å²) in [7, 11) is 0. The fourth-order valence-corrected chi connectivity index (χ4v) is 3.64. The molecule has 1 aromatic carbocycles. The van der Waals surface area contributed by atoms with Crippen molar-refractivity contribution in [1.82, 2.24) is 5.32 Å². The van der Waals surface area contributed by atoms with Crippen molar-refractivity contribution in [2.45, 2.75) is 57.6 Å². The van der Waals surface area contributed by atoms with Gasteiger partial charge in [0.15, 0.2) is 0 Å². The zero-order valence-corrected chi connectivity index (χ0v) is 13.0. The molecule has 0 amide bonds. The van der Waals surface area contributed by atoms with Gasteiger partial charge in [0.25, 0.3) is 0 Å². The number of aliphatic hydroxyl groups is 1. The third-order valence-electron chi connectivity index (χ3n) is 5.02. The molecule has 3 atom stereocenters. The minimum absolute atomic E-state index is 0.114. The monoisotopic (exact) mass is 289 g/mol. The molecule has 0 saturated heterocycles. The highest BCUT2D eigenvalue weighted by molar-refractivity contribution is 5.40. The zero-order valence-electron chi connectivity index (χ0n) is 13.0. The Balaban J connectivity index is 1.62. The van der Waals surface area contributed by atoms with Crippen LogP contribution in [0.4, 0.5) is 0 Å². The van der Waals surface area contributed by atoms with Gasteiger partial charge in [-0.3, -0.25) is 0 Å². The van der Waals surface area contributed by atoms with Crippen LogP contribution in [0.3, 0.4) is 0 Å². The third-order valence-corrected chi connectivity index (χ3v) is 5.02. The minimum Gasteiger partial charge on any atom is -0.493 e. The predicted octanol–water partition coefficient (Wildman–Crippen LogP) is 3.21. The molecule has 1 aromatic rings. The van der Waals surface area contributed by atoms with Crippen LogP contribution in [-0.2, 0) is 6.42 Å². The Morgan fingerprint density at radius 2 is 2.19 bits per heavy atom. The van der Waals surface area contributed by atoms with Crippen molar-refractivity contribution in [2.24, 2.45) is 5.92 Å². The molecule has 0 bridgehead atoms. The molecule has 1 aliphatic heterocycles. The number of benzene rings is 1. The minimum atomic E-state index is -0.114. The maximum absolute atomic E-state index is 10.1. The van der Waals surface area contributed by atoms with Crippen LogP contribution in [0.2, 0.25) is 0 Å². The van der Waals surface area contributed by atoms with Crippen molar-refractivity contribution < 1.29 is 9.84 Å². The lowest BCUT2D eigenvalue weighted by atomic mass is 9.86. The summed E-state index contributed by atoms with van der Waals surface area (Å²) < 4.78 is 5.58. The molecule has 3 rings (SSSR count). The van der Waals surface area contributed by atoms with Gasteiger partial charge < -0.3 is 15.2 Å². The fraction of sp³-hybridized carbons (Fsp3) is 0.667. The van der Waals surface area contributed by atoms with Gasteiger partial charge in [0.2, 0.25) is 0 Å². The lowest BCUT2D eigenvalue weighted by molar-refractivity contribution is 0.0680. The van der Waals surface area contributed by atoms with Crippen LogP contribution in [0, 0.1) is 5.92 Å². The zero-order chi connectivity index (χ0) is 14.7. The first-order chi connectivity index (χ1) is 10.3. The van der Waals surface area contributed by atoms with Crippen molar-refractivity contribution in [1.29, 1.82) is 0 Å². The van der Waals surface area contributed by atoms with Gasteiger partial charge in [-0.25, -0.2) is 0 Å². The molecule has 1 fully saturated rings. The van der Waals surface area contributed by atoms with Crippen molar-refractivity contribution in [3.05, 3.63) is 29.3 Å². The number of ether oxygens (including phenoxy) is 1. The van der Waals surface area contributed by atoms with Crippen LogP contribution in [-0.4, -0.2) is 24.4 Å². The summed E-state index contributed by atoms with van der Waals surface area (Å²) in [6, 6.07) is 6.96. The number of fused-ring (bicyclic) bond motifs is 1. The number of nitrogens with one attached hydrogen (secondary N) is 1. The number of hydrogen-bond acceptors (Lipinski definition) is 3. The van der Waals surface area contributed by atoms with E-state index in [1.165, 1.54) is 24.0 Å². The fourth-order valence-electron chi connectivity index (χ4n) is 3.64. The number of hydrogen-bond donors (Lipinski definition) is 2. The maximum atomic E-state index is 10.1. The average Bonchev–Trinajstić information content (AvgIpc) is 2.97. The Morgan fingerprint density at radius 1 is 1.33 bits per heavy atom. The largest absolute Gasteiger partial charge is 0.493 e. The highest BCUT2D eigenvalue weighted by Gasteiger charge is 2.24. The molecule has 2 aliphatic rings. The summed E-state index contributed by atoms with van der Waals surface area (Å²) in [5.41, 5.74) is 2.69. The van der Waals surface area contributed by atoms with Crippen LogP contribution >= 0.6 is 0 Å². The summed E-state index contributed by atoms with van der Waals surface area (Å²) in [4.78, 5) is 0. The van der Waals surface area contributed by atoms with E-state index in [4.69, 9.17) is 4.74 Å². The molecule has 0 aromatic heterocycles. The Hall–Kier alpha value is -1.06. The normalized spacial score (nSPS) is 26.2. The first kappa shape index (κ1) is 14.9. The van der Waals surface area contributed by atoms with E-state index >= 15 is 0 Å². The standard InChI is InChI=1S/C18H27NO2/c1-2-16(19-12-15-5-3-4-6-17(15)20)13-7-8-18-14(11-13)9-10-21-18/h7-8,11,15-17,19-20H,2-6,9-10,12H2,1H3. The Labute approximate surface area is 127 Å². The Morgan fingerprint density at radius 3 is 3.00 bits per heavy atom. The smallest absolute Gasteiger partial charge is 0.122 e. The molecule has 1 aliphatic carbocycles. The highest BCUT2D eigenvalue weighted by Crippen LogP contribution is 2.30. The maximum Gasteiger partial charge on any atom is 0.122 e. The predicted molar refractivity (Wildman–Crippen MR) is 84.6 cm³/mol. The van der Waals surface area contributed by atoms with Gasteiger partial charge in [-0.15, -0.1) is 0 Å². The first-order valence-corrected chi connectivity index (χ1v) is 8.45. The number of aliphatic hydroxyl groups excluding tert-OH is 1. The Bertz CT molecular complexity index is 474. The van der Waals surface area contributed by atoms with E-state index in [9.17, 15) is 5.11 Å². The van der Waals surface area contributed by atoms with E-state index in [2.05, 4.69) is 30.4 Å². The molecule has 3 heteroatoms. The van der Waals surface area contributed by atoms with E-state index in [0.29, 0.717) is 12.0 Å². The second-order valence-corrected chi connectivity index (χ2v) is 6.45. The van der Waals surface area contributed by atoms with Crippen molar-refractivity contribution in [3.63, 3.8) is 0 Å². The summed E-state index contributed by atoms with van der Waals surface area (Å²) in [5, 5.41) is 13.8. The molecule has 1 saturated carbocycles. The molecule has 3 unspecified atom stereocenters. The van der Waals surface area contributed by atoms with Gasteiger partial charge in [0, 0.05) is 19.0 Å². The third kappa shape index (κ3) is 3.41. The molecule has 3 nitrogen and oxygen atoms in total. The molecule has 116 valence electrons. The van der Waals surface area contributed by atoms with Crippen LogP contribution in [0.5, 0.6) is 5.75 Å². The summed E-state index contributed by atoms with van der Waals surface area (Å²) >= 11 is 0. The molecule has 21 heavy (non-hydrogen) atoms. The van der Waals surface area contributed by atoms with Crippen LogP contribution in [0.1, 0.15) is 56.2 Å². The van der Waals surface area contributed by atoms with Gasteiger partial charge in [-0.2, -0.15) is 0 Å². The first-order valence-electron chi connectivity index (χ1n) is 8.45. The quantitative estimate of drug-likeness (QED) is 0.874. The molecule has 1 heterocycles. The van der Waals surface area contributed by atoms with E-state index in [0.717, 1.165) is 44.6 Å². The highest BCUT2D eigenvalue weighted by atomic mass is 16.5. The second kappa shape index (κ2) is 6.80. The van der Waals surface area contributed by atoms with Crippen molar-refractivity contribution >= 4 is 0 Å². The molecular formula is C18H27NO2. The second-order valence-electron chi connectivity index (χ2n) is 6.45. The van der Waals surface area contributed by atoms with Gasteiger partial charge >= 0.3 is 0 Å². The van der Waals surface area contributed by atoms with Crippen molar-refractivity contribution in [3.8, 4) is 5.75 Å². The van der Waals surface area contributed by atoms with E-state index in [-0.39, 0.29) is 6.10 Å². The van der Waals surface area contributed by atoms with Gasteiger partial charge in [0.1, 0.15) is 5.75 Å². The lowest BCUT2D eigenvalue weighted by Gasteiger charge is -2.29. The number of rotatable bonds is 5. The summed E-state index contributed by atoms with van der Waals surface area (Å²) in [6.07, 6.45) is 6.55. The topological polar surface area (TPSA) is 41.5 Å². The SMILES string of the molecule is CCC(NCC1CCCCC1O)c1ccc2c(c1)CCO2. The van der Waals surface area contributed by atoms with E-state index in [1.807, 2.05) is 0 Å². The van der Waals surface area contributed by atoms with Gasteiger partial charge in [-0.1, -0.05) is 31.9 Å². The van der Waals surface area contributed by atoms with E-state index in [1.54, 1.807) is 0 Å². The van der Waals surface area contributed by atoms with E-state index < -0.39 is 0 Å². The van der Waals surface area contributed by atoms with Gasteiger partial charge in [-0.05, 0) is 42.4 Å². The molecule has 0 spiro atoms. The lowest BCUT2D eigenvalue weighted by Crippen LogP contribution is -2.35. The van der Waals surface area contributed by atoms with Gasteiger partial charge in [0.05, 0.1) is 12.7 Å².